The van der Waals surface area contributed by atoms with Crippen LogP contribution in [0.3, 0.4) is 0 Å². The van der Waals surface area contributed by atoms with E-state index < -0.39 is 29.3 Å². The number of hydrogen-bond donors (Lipinski definition) is 0. The fraction of sp³-hybridized carbons (Fsp3) is 0.280. The van der Waals surface area contributed by atoms with E-state index in [-0.39, 0.29) is 19.0 Å². The number of alkyl halides is 5. The first-order chi connectivity index (χ1) is 15.9. The molecule has 0 fully saturated rings. The topological polar surface area (TPSA) is 27.7 Å². The molecule has 0 saturated carbocycles. The normalized spacial score (nSPS) is 12.5. The fourth-order valence-electron chi connectivity index (χ4n) is 3.02. The summed E-state index contributed by atoms with van der Waals surface area (Å²) >= 11 is 0. The number of para-hydroxylation sites is 1. The maximum absolute atomic E-state index is 14.1. The molecule has 182 valence electrons. The van der Waals surface area contributed by atoms with E-state index in [0.717, 1.165) is 12.1 Å². The van der Waals surface area contributed by atoms with E-state index in [9.17, 15) is 26.3 Å². The molecule has 3 rings (SSSR count). The van der Waals surface area contributed by atoms with Gasteiger partial charge in [-0.1, -0.05) is 50.2 Å². The summed E-state index contributed by atoms with van der Waals surface area (Å²) in [5.74, 6) is -0.592. The van der Waals surface area contributed by atoms with Gasteiger partial charge >= 0.3 is 12.3 Å². The lowest BCUT2D eigenvalue weighted by Crippen LogP contribution is -2.41. The zero-order valence-corrected chi connectivity index (χ0v) is 18.3. The molecule has 3 nitrogen and oxygen atoms in total. The van der Waals surface area contributed by atoms with Crippen molar-refractivity contribution in [2.75, 3.05) is 6.61 Å². The SMILES string of the molecule is CC(C)(COCc1ccc(F)c(Oc2ccccc2)c1)c1ccc(OC(F)(F)C(F)(F)F)cc1. The van der Waals surface area contributed by atoms with E-state index in [1.165, 1.54) is 24.3 Å². The van der Waals surface area contributed by atoms with Gasteiger partial charge in [0, 0.05) is 5.41 Å². The molecule has 3 aromatic rings. The lowest BCUT2D eigenvalue weighted by Gasteiger charge is -2.26. The second kappa shape index (κ2) is 9.97. The van der Waals surface area contributed by atoms with Gasteiger partial charge in [-0.05, 0) is 47.5 Å². The Morgan fingerprint density at radius 1 is 0.765 bits per heavy atom. The molecule has 34 heavy (non-hydrogen) atoms. The van der Waals surface area contributed by atoms with Gasteiger partial charge in [0.15, 0.2) is 11.6 Å². The van der Waals surface area contributed by atoms with Crippen molar-refractivity contribution < 1.29 is 40.6 Å². The zero-order valence-electron chi connectivity index (χ0n) is 18.3. The Morgan fingerprint density at radius 3 is 2.03 bits per heavy atom. The molecule has 0 unspecified atom stereocenters. The summed E-state index contributed by atoms with van der Waals surface area (Å²) in [5, 5.41) is 0. The van der Waals surface area contributed by atoms with Crippen LogP contribution >= 0.6 is 0 Å². The molecule has 0 aliphatic rings. The van der Waals surface area contributed by atoms with Crippen LogP contribution in [0.15, 0.2) is 72.8 Å². The Bertz CT molecular complexity index is 1080. The summed E-state index contributed by atoms with van der Waals surface area (Å²) in [6.45, 7) is 3.98. The van der Waals surface area contributed by atoms with Crippen molar-refractivity contribution in [2.24, 2.45) is 0 Å². The van der Waals surface area contributed by atoms with Crippen LogP contribution in [0.5, 0.6) is 17.2 Å². The van der Waals surface area contributed by atoms with Crippen molar-refractivity contribution in [3.8, 4) is 17.2 Å². The first-order valence-electron chi connectivity index (χ1n) is 10.2. The summed E-state index contributed by atoms with van der Waals surface area (Å²) in [6.07, 6.45) is -11.1. The third-order valence-corrected chi connectivity index (χ3v) is 4.91. The molecule has 0 atom stereocenters. The highest BCUT2D eigenvalue weighted by Crippen LogP contribution is 2.37. The van der Waals surface area contributed by atoms with Crippen LogP contribution in [0, 0.1) is 5.82 Å². The van der Waals surface area contributed by atoms with E-state index in [0.29, 0.717) is 16.9 Å². The summed E-state index contributed by atoms with van der Waals surface area (Å²) in [5.41, 5.74) is 0.706. The van der Waals surface area contributed by atoms with Gasteiger partial charge in [-0.3, -0.25) is 0 Å². The van der Waals surface area contributed by atoms with E-state index in [1.54, 1.807) is 30.3 Å². The molecule has 9 heteroatoms. The lowest BCUT2D eigenvalue weighted by molar-refractivity contribution is -0.360. The Balaban J connectivity index is 1.59. The number of rotatable bonds is 9. The number of benzene rings is 3. The maximum Gasteiger partial charge on any atom is 0.499 e. The molecule has 0 aliphatic heterocycles. The maximum atomic E-state index is 14.1. The summed E-state index contributed by atoms with van der Waals surface area (Å²) in [6, 6.07) is 18.0. The molecular weight excluding hydrogens is 462 g/mol. The van der Waals surface area contributed by atoms with Crippen molar-refractivity contribution in [3.05, 3.63) is 89.7 Å². The molecule has 0 heterocycles. The van der Waals surface area contributed by atoms with Gasteiger partial charge < -0.3 is 14.2 Å². The van der Waals surface area contributed by atoms with Gasteiger partial charge in [0.2, 0.25) is 0 Å². The van der Waals surface area contributed by atoms with E-state index >= 15 is 0 Å². The highest BCUT2D eigenvalue weighted by atomic mass is 19.4. The fourth-order valence-corrected chi connectivity index (χ4v) is 3.02. The van der Waals surface area contributed by atoms with Crippen LogP contribution in [0.25, 0.3) is 0 Å². The van der Waals surface area contributed by atoms with Gasteiger partial charge in [0.1, 0.15) is 11.5 Å². The predicted molar refractivity (Wildman–Crippen MR) is 114 cm³/mol. The van der Waals surface area contributed by atoms with Crippen LogP contribution in [0.4, 0.5) is 26.3 Å². The third kappa shape index (κ3) is 6.44. The standard InChI is InChI=1S/C25H22F6O3/c1-23(2,18-9-11-20(12-10-18)34-25(30,31)24(27,28)29)16-32-15-17-8-13-21(26)22(14-17)33-19-6-4-3-5-7-19/h3-14H,15-16H2,1-2H3. The van der Waals surface area contributed by atoms with Crippen molar-refractivity contribution in [3.63, 3.8) is 0 Å². The highest BCUT2D eigenvalue weighted by molar-refractivity contribution is 5.35. The molecule has 0 amide bonds. The number of hydrogen-bond acceptors (Lipinski definition) is 3. The lowest BCUT2D eigenvalue weighted by atomic mass is 9.85. The van der Waals surface area contributed by atoms with Crippen molar-refractivity contribution >= 4 is 0 Å². The molecule has 0 N–H and O–H groups in total. The highest BCUT2D eigenvalue weighted by Gasteiger charge is 2.61. The summed E-state index contributed by atoms with van der Waals surface area (Å²) < 4.78 is 92.3. The third-order valence-electron chi connectivity index (χ3n) is 4.91. The predicted octanol–water partition coefficient (Wildman–Crippen LogP) is 7.65. The summed E-state index contributed by atoms with van der Waals surface area (Å²) in [4.78, 5) is 0. The minimum atomic E-state index is -5.81. The van der Waals surface area contributed by atoms with Gasteiger partial charge in [-0.2, -0.15) is 22.0 Å². The quantitative estimate of drug-likeness (QED) is 0.292. The molecule has 3 aromatic carbocycles. The van der Waals surface area contributed by atoms with Crippen molar-refractivity contribution in [1.82, 2.24) is 0 Å². The largest absolute Gasteiger partial charge is 0.499 e. The van der Waals surface area contributed by atoms with Gasteiger partial charge in [0.25, 0.3) is 0 Å². The van der Waals surface area contributed by atoms with Gasteiger partial charge in [-0.15, -0.1) is 0 Å². The second-order valence-corrected chi connectivity index (χ2v) is 8.20. The molecular formula is C25H22F6O3. The Kier molecular flexibility index (Phi) is 7.45. The van der Waals surface area contributed by atoms with E-state index in [4.69, 9.17) is 9.47 Å². The molecule has 0 bridgehead atoms. The van der Waals surface area contributed by atoms with Gasteiger partial charge in [0.05, 0.1) is 13.2 Å². The first kappa shape index (κ1) is 25.4. The number of halogens is 6. The minimum absolute atomic E-state index is 0.0535. The van der Waals surface area contributed by atoms with Crippen LogP contribution in [0.2, 0.25) is 0 Å². The van der Waals surface area contributed by atoms with Gasteiger partial charge in [-0.25, -0.2) is 4.39 Å². The van der Waals surface area contributed by atoms with Crippen LogP contribution < -0.4 is 9.47 Å². The minimum Gasteiger partial charge on any atom is -0.454 e. The molecule has 0 saturated heterocycles. The van der Waals surface area contributed by atoms with Crippen LogP contribution in [-0.4, -0.2) is 18.9 Å². The number of ether oxygens (including phenoxy) is 3. The smallest absolute Gasteiger partial charge is 0.454 e. The Labute approximate surface area is 192 Å². The first-order valence-corrected chi connectivity index (χ1v) is 10.2. The molecule has 0 spiro atoms. The van der Waals surface area contributed by atoms with E-state index in [2.05, 4.69) is 4.74 Å². The molecule has 0 aliphatic carbocycles. The Hall–Kier alpha value is -3.20. The second-order valence-electron chi connectivity index (χ2n) is 8.20. The molecule has 0 aromatic heterocycles. The van der Waals surface area contributed by atoms with Crippen molar-refractivity contribution in [2.45, 2.75) is 38.2 Å². The average Bonchev–Trinajstić information content (AvgIpc) is 2.76. The Morgan fingerprint density at radius 2 is 1.41 bits per heavy atom. The van der Waals surface area contributed by atoms with Crippen molar-refractivity contribution in [1.29, 1.82) is 0 Å². The summed E-state index contributed by atoms with van der Waals surface area (Å²) in [7, 11) is 0. The zero-order chi connectivity index (χ0) is 25.0. The monoisotopic (exact) mass is 484 g/mol. The average molecular weight is 484 g/mol. The van der Waals surface area contributed by atoms with E-state index in [1.807, 2.05) is 19.9 Å². The van der Waals surface area contributed by atoms with Crippen LogP contribution in [-0.2, 0) is 16.8 Å². The molecule has 0 radical (unpaired) electrons. The van der Waals surface area contributed by atoms with Crippen LogP contribution in [0.1, 0.15) is 25.0 Å².